The van der Waals surface area contributed by atoms with Gasteiger partial charge in [0.1, 0.15) is 0 Å². The molecule has 0 saturated heterocycles. The molecule has 0 fully saturated rings. The van der Waals surface area contributed by atoms with Gasteiger partial charge in [-0.1, -0.05) is 29.8 Å². The lowest BCUT2D eigenvalue weighted by Crippen LogP contribution is -2.29. The molecular formula is C19H24ClNO2. The number of hydrogen-bond donors (Lipinski definition) is 2. The molecule has 0 saturated carbocycles. The molecule has 0 bridgehead atoms. The molecule has 3 nitrogen and oxygen atoms in total. The highest BCUT2D eigenvalue weighted by Gasteiger charge is 2.10. The summed E-state index contributed by atoms with van der Waals surface area (Å²) in [5.41, 5.74) is 2.39. The Kier molecular flexibility index (Phi) is 6.31. The molecule has 0 aliphatic carbocycles. The van der Waals surface area contributed by atoms with Gasteiger partial charge in [-0.3, -0.25) is 0 Å². The number of nitrogens with one attached hydrogen (secondary N) is 1. The highest BCUT2D eigenvalue weighted by atomic mass is 35.5. The van der Waals surface area contributed by atoms with Crippen LogP contribution in [0.25, 0.3) is 0 Å². The van der Waals surface area contributed by atoms with Gasteiger partial charge < -0.3 is 15.2 Å². The first-order chi connectivity index (χ1) is 11.0. The molecule has 2 atom stereocenters. The maximum Gasteiger partial charge on any atom is 0.160 e. The monoisotopic (exact) mass is 333 g/mol. The Balaban J connectivity index is 1.87. The van der Waals surface area contributed by atoms with Crippen LogP contribution >= 0.6 is 11.6 Å². The van der Waals surface area contributed by atoms with Crippen molar-refractivity contribution in [3.05, 3.63) is 58.6 Å². The van der Waals surface area contributed by atoms with Crippen LogP contribution in [0.3, 0.4) is 0 Å². The molecule has 0 aliphatic heterocycles. The van der Waals surface area contributed by atoms with Gasteiger partial charge in [0.2, 0.25) is 0 Å². The Hall–Kier alpha value is -1.71. The van der Waals surface area contributed by atoms with Crippen molar-refractivity contribution in [1.29, 1.82) is 0 Å². The highest BCUT2D eigenvalue weighted by molar-refractivity contribution is 6.30. The average Bonchev–Trinajstić information content (AvgIpc) is 2.54. The molecule has 2 aromatic carbocycles. The third-order valence-electron chi connectivity index (χ3n) is 4.01. The third kappa shape index (κ3) is 5.15. The van der Waals surface area contributed by atoms with E-state index in [2.05, 4.69) is 31.3 Å². The van der Waals surface area contributed by atoms with Gasteiger partial charge in [0.15, 0.2) is 11.5 Å². The molecule has 4 heteroatoms. The Morgan fingerprint density at radius 2 is 1.83 bits per heavy atom. The van der Waals surface area contributed by atoms with Crippen LogP contribution in [0.15, 0.2) is 42.5 Å². The largest absolute Gasteiger partial charge is 0.504 e. The minimum Gasteiger partial charge on any atom is -0.504 e. The van der Waals surface area contributed by atoms with Crippen LogP contribution in [-0.2, 0) is 6.42 Å². The number of benzene rings is 2. The predicted molar refractivity (Wildman–Crippen MR) is 95.4 cm³/mol. The summed E-state index contributed by atoms with van der Waals surface area (Å²) in [6.07, 6.45) is 1.93. The fourth-order valence-electron chi connectivity index (χ4n) is 2.62. The van der Waals surface area contributed by atoms with Crippen LogP contribution in [-0.4, -0.2) is 18.3 Å². The second-order valence-corrected chi connectivity index (χ2v) is 6.32. The minimum atomic E-state index is 0.179. The summed E-state index contributed by atoms with van der Waals surface area (Å²) in [7, 11) is 1.57. The lowest BCUT2D eigenvalue weighted by atomic mass is 10.0. The predicted octanol–water partition coefficient (Wildman–Crippen LogP) is 4.73. The second-order valence-electron chi connectivity index (χ2n) is 5.89. The van der Waals surface area contributed by atoms with Gasteiger partial charge in [-0.15, -0.1) is 0 Å². The van der Waals surface area contributed by atoms with E-state index in [1.807, 2.05) is 24.3 Å². The van der Waals surface area contributed by atoms with E-state index >= 15 is 0 Å². The lowest BCUT2D eigenvalue weighted by molar-refractivity contribution is 0.372. The number of hydrogen-bond acceptors (Lipinski definition) is 3. The summed E-state index contributed by atoms with van der Waals surface area (Å²) in [5.74, 6) is 0.705. The highest BCUT2D eigenvalue weighted by Crippen LogP contribution is 2.27. The zero-order chi connectivity index (χ0) is 16.8. The molecule has 0 amide bonds. The van der Waals surface area contributed by atoms with Crippen molar-refractivity contribution in [1.82, 2.24) is 5.32 Å². The van der Waals surface area contributed by atoms with E-state index in [0.29, 0.717) is 11.8 Å². The van der Waals surface area contributed by atoms with E-state index < -0.39 is 0 Å². The van der Waals surface area contributed by atoms with E-state index in [9.17, 15) is 5.11 Å². The summed E-state index contributed by atoms with van der Waals surface area (Å²) >= 11 is 5.93. The number of aromatic hydroxyl groups is 1. The Morgan fingerprint density at radius 1 is 1.13 bits per heavy atom. The maximum atomic E-state index is 9.63. The average molecular weight is 334 g/mol. The summed E-state index contributed by atoms with van der Waals surface area (Å²) < 4.78 is 5.15. The zero-order valence-electron chi connectivity index (χ0n) is 13.8. The van der Waals surface area contributed by atoms with Crippen LogP contribution in [0.2, 0.25) is 5.02 Å². The number of phenols is 1. The van der Waals surface area contributed by atoms with Gasteiger partial charge in [0.05, 0.1) is 7.11 Å². The van der Waals surface area contributed by atoms with Crippen molar-refractivity contribution < 1.29 is 9.84 Å². The topological polar surface area (TPSA) is 41.5 Å². The molecule has 2 N–H and O–H groups in total. The van der Waals surface area contributed by atoms with E-state index in [4.69, 9.17) is 16.3 Å². The van der Waals surface area contributed by atoms with Crippen LogP contribution in [0, 0.1) is 0 Å². The Bertz CT molecular complexity index is 628. The van der Waals surface area contributed by atoms with Crippen molar-refractivity contribution in [2.75, 3.05) is 7.11 Å². The molecule has 0 spiro atoms. The lowest BCUT2D eigenvalue weighted by Gasteiger charge is -2.20. The fourth-order valence-corrected chi connectivity index (χ4v) is 2.74. The first kappa shape index (κ1) is 17.6. The molecule has 2 rings (SSSR count). The first-order valence-corrected chi connectivity index (χ1v) is 8.24. The van der Waals surface area contributed by atoms with E-state index in [-0.39, 0.29) is 11.8 Å². The van der Waals surface area contributed by atoms with Gasteiger partial charge in [-0.05, 0) is 62.1 Å². The summed E-state index contributed by atoms with van der Waals surface area (Å²) in [4.78, 5) is 0. The van der Waals surface area contributed by atoms with Crippen molar-refractivity contribution in [3.63, 3.8) is 0 Å². The minimum absolute atomic E-state index is 0.179. The number of aryl methyl sites for hydroxylation is 1. The Labute approximate surface area is 143 Å². The number of halogens is 1. The summed E-state index contributed by atoms with van der Waals surface area (Å²) in [6, 6.07) is 14.1. The van der Waals surface area contributed by atoms with E-state index in [1.165, 1.54) is 5.56 Å². The quantitative estimate of drug-likeness (QED) is 0.770. The maximum absolute atomic E-state index is 9.63. The number of methoxy groups -OCH3 is 1. The van der Waals surface area contributed by atoms with Crippen molar-refractivity contribution in [3.8, 4) is 11.5 Å². The summed E-state index contributed by atoms with van der Waals surface area (Å²) in [6.45, 7) is 4.34. The number of rotatable bonds is 7. The molecule has 23 heavy (non-hydrogen) atoms. The molecule has 124 valence electrons. The summed E-state index contributed by atoms with van der Waals surface area (Å²) in [5, 5.41) is 14.0. The molecular weight excluding hydrogens is 310 g/mol. The number of ether oxygens (including phenoxy) is 1. The normalized spacial score (nSPS) is 13.6. The van der Waals surface area contributed by atoms with Gasteiger partial charge in [0, 0.05) is 17.1 Å². The third-order valence-corrected chi connectivity index (χ3v) is 4.27. The molecule has 0 aliphatic rings. The number of phenolic OH excluding ortho intramolecular Hbond substituents is 1. The SMILES string of the molecule is COc1cc(CCC(C)NC(C)c2ccc(Cl)cc2)ccc1O. The van der Waals surface area contributed by atoms with Gasteiger partial charge in [0.25, 0.3) is 0 Å². The zero-order valence-corrected chi connectivity index (χ0v) is 14.6. The van der Waals surface area contributed by atoms with Crippen molar-refractivity contribution in [2.24, 2.45) is 0 Å². The second kappa shape index (κ2) is 8.23. The molecule has 0 heterocycles. The molecule has 0 aromatic heterocycles. The van der Waals surface area contributed by atoms with Crippen molar-refractivity contribution >= 4 is 11.6 Å². The first-order valence-electron chi connectivity index (χ1n) is 7.87. The molecule has 0 radical (unpaired) electrons. The van der Waals surface area contributed by atoms with Crippen LogP contribution in [0.4, 0.5) is 0 Å². The van der Waals surface area contributed by atoms with Crippen molar-refractivity contribution in [2.45, 2.75) is 38.8 Å². The van der Waals surface area contributed by atoms with Gasteiger partial charge in [-0.2, -0.15) is 0 Å². The van der Waals surface area contributed by atoms with Crippen LogP contribution < -0.4 is 10.1 Å². The molecule has 2 aromatic rings. The Morgan fingerprint density at radius 3 is 2.48 bits per heavy atom. The van der Waals surface area contributed by atoms with E-state index in [0.717, 1.165) is 23.4 Å². The molecule has 2 unspecified atom stereocenters. The standard InChI is InChI=1S/C19H24ClNO2/c1-13(21-14(2)16-7-9-17(20)10-8-16)4-5-15-6-11-18(22)19(12-15)23-3/h6-14,21-22H,4-5H2,1-3H3. The van der Waals surface area contributed by atoms with Crippen LogP contribution in [0.5, 0.6) is 11.5 Å². The van der Waals surface area contributed by atoms with Gasteiger partial charge in [-0.25, -0.2) is 0 Å². The van der Waals surface area contributed by atoms with E-state index in [1.54, 1.807) is 13.2 Å². The smallest absolute Gasteiger partial charge is 0.160 e. The van der Waals surface area contributed by atoms with Gasteiger partial charge >= 0.3 is 0 Å². The fraction of sp³-hybridized carbons (Fsp3) is 0.368. The van der Waals surface area contributed by atoms with Crippen LogP contribution in [0.1, 0.15) is 37.4 Å².